The number of methoxy groups -OCH3 is 1. The summed E-state index contributed by atoms with van der Waals surface area (Å²) in [4.78, 5) is 76.8. The number of allylic oxidation sites excluding steroid dienone is 1. The highest BCUT2D eigenvalue weighted by molar-refractivity contribution is 5.96. The molecular formula is C51H67N7O7. The average molecular weight is 890 g/mol. The summed E-state index contributed by atoms with van der Waals surface area (Å²) in [5.41, 5.74) is 11.0. The molecule has 0 saturated carbocycles. The monoisotopic (exact) mass is 890 g/mol. The second kappa shape index (κ2) is 19.5. The van der Waals surface area contributed by atoms with Gasteiger partial charge in [0.05, 0.1) is 30.0 Å². The number of nitrogens with zero attached hydrogens (tertiary/aromatic N) is 5. The topological polar surface area (TPSA) is 155 Å². The Hall–Kier alpha value is -5.60. The summed E-state index contributed by atoms with van der Waals surface area (Å²) >= 11 is 0. The number of hydrazine groups is 1. The van der Waals surface area contributed by atoms with E-state index in [9.17, 15) is 24.0 Å². The summed E-state index contributed by atoms with van der Waals surface area (Å²) in [6, 6.07) is 11.9. The lowest BCUT2D eigenvalue weighted by Gasteiger charge is -2.41. The molecule has 5 atom stereocenters. The van der Waals surface area contributed by atoms with E-state index in [4.69, 9.17) is 14.5 Å². The Morgan fingerprint density at radius 1 is 1.11 bits per heavy atom. The summed E-state index contributed by atoms with van der Waals surface area (Å²) < 4.78 is 14.4. The number of aromatic nitrogens is 1. The molecule has 2 aromatic carbocycles. The third-order valence-corrected chi connectivity index (χ3v) is 13.6. The summed E-state index contributed by atoms with van der Waals surface area (Å²) in [7, 11) is 3.32. The van der Waals surface area contributed by atoms with Gasteiger partial charge in [-0.3, -0.25) is 34.0 Å². The van der Waals surface area contributed by atoms with Crippen LogP contribution in [0.1, 0.15) is 84.5 Å². The third-order valence-electron chi connectivity index (χ3n) is 13.6. The predicted octanol–water partition coefficient (Wildman–Crippen LogP) is 5.96. The maximum Gasteiger partial charge on any atom is 0.324 e. The number of esters is 1. The number of likely N-dealkylation sites (tertiary alicyclic amines) is 1. The molecule has 2 N–H and O–H groups in total. The number of amides is 4. The number of benzene rings is 2. The Kier molecular flexibility index (Phi) is 14.2. The molecular weight excluding hydrogens is 823 g/mol. The fourth-order valence-electron chi connectivity index (χ4n) is 10.0. The number of ether oxygens (including phenoxy) is 2. The average Bonchev–Trinajstić information content (AvgIpc) is 3.57. The molecule has 2 saturated heterocycles. The molecule has 2 fully saturated rings. The first-order chi connectivity index (χ1) is 31.0. The van der Waals surface area contributed by atoms with Crippen LogP contribution < -0.4 is 10.7 Å². The van der Waals surface area contributed by atoms with E-state index in [1.54, 1.807) is 14.2 Å². The van der Waals surface area contributed by atoms with Crippen LogP contribution in [0.4, 0.5) is 0 Å². The predicted molar refractivity (Wildman–Crippen MR) is 252 cm³/mol. The molecule has 7 rings (SSSR count). The minimum Gasteiger partial charge on any atom is -0.464 e. The Morgan fingerprint density at radius 2 is 1.85 bits per heavy atom. The molecule has 65 heavy (non-hydrogen) atoms. The number of carbonyl (C=O) groups excluding carboxylic acids is 5. The number of fused-ring (bicyclic) bond motifs is 6. The molecule has 3 aromatic rings. The van der Waals surface area contributed by atoms with Crippen LogP contribution in [0, 0.1) is 23.2 Å². The standard InChI is InChI=1S/C51H67N7O7/c1-11-42(59)56-27-36(28-56)48(61)55(9)45(30(3)4)47(60)53-40-24-33-15-13-16-34(23-33)35-18-19-41-37(25-35)38(46(57(41)12-2)43-31(5)20-21-52-44(43)32(6)64-10)26-51(7,8)29-65-50(63)39-17-14-22-58(54-39)49(40)62/h11,13,15-16,18-19,21,23,25,30-32,36,39-40,45,54H,1,12,14,17,20,22,24,26-29H2,2-10H3,(H,53,60)/t31?,32-,39-,40?,45-/m0/s1. The Balaban J connectivity index is 1.30. The van der Waals surface area contributed by atoms with Crippen molar-refractivity contribution in [1.82, 2.24) is 30.1 Å². The molecule has 1 aromatic heterocycles. The van der Waals surface area contributed by atoms with Crippen LogP contribution in [0.25, 0.3) is 27.6 Å². The number of carbonyl (C=O) groups is 5. The van der Waals surface area contributed by atoms with E-state index in [-0.39, 0.29) is 55.9 Å². The van der Waals surface area contributed by atoms with E-state index in [2.05, 4.69) is 79.9 Å². The van der Waals surface area contributed by atoms with Gasteiger partial charge in [-0.15, -0.1) is 0 Å². The highest BCUT2D eigenvalue weighted by Gasteiger charge is 2.42. The molecule has 6 bridgehead atoms. The van der Waals surface area contributed by atoms with E-state index in [1.807, 2.05) is 39.1 Å². The van der Waals surface area contributed by atoms with Crippen molar-refractivity contribution in [2.75, 3.05) is 40.4 Å². The van der Waals surface area contributed by atoms with Gasteiger partial charge in [0.25, 0.3) is 5.91 Å². The minimum atomic E-state index is -1.04. The summed E-state index contributed by atoms with van der Waals surface area (Å²) in [6.45, 7) is 19.7. The van der Waals surface area contributed by atoms with E-state index < -0.39 is 47.2 Å². The lowest BCUT2D eigenvalue weighted by Crippen LogP contribution is -2.63. The molecule has 2 unspecified atom stereocenters. The molecule has 4 aliphatic rings. The number of aryl methyl sites for hydroxylation is 1. The maximum absolute atomic E-state index is 14.7. The van der Waals surface area contributed by atoms with Gasteiger partial charge in [-0.05, 0) is 91.8 Å². The fourth-order valence-corrected chi connectivity index (χ4v) is 10.0. The number of hydrogen-bond donors (Lipinski definition) is 2. The smallest absolute Gasteiger partial charge is 0.324 e. The number of hydrogen-bond acceptors (Lipinski definition) is 9. The Morgan fingerprint density at radius 3 is 2.54 bits per heavy atom. The van der Waals surface area contributed by atoms with Crippen molar-refractivity contribution in [2.24, 2.45) is 28.2 Å². The quantitative estimate of drug-likeness (QED) is 0.187. The fraction of sp³-hybridized carbons (Fsp3) is 0.529. The molecule has 0 spiro atoms. The van der Waals surface area contributed by atoms with Crippen molar-refractivity contribution >= 4 is 52.3 Å². The first kappa shape index (κ1) is 47.4. The van der Waals surface area contributed by atoms with Gasteiger partial charge in [0.1, 0.15) is 18.1 Å². The number of rotatable bonds is 10. The van der Waals surface area contributed by atoms with E-state index in [0.29, 0.717) is 25.8 Å². The van der Waals surface area contributed by atoms with Gasteiger partial charge in [-0.2, -0.15) is 0 Å². The zero-order valence-corrected chi connectivity index (χ0v) is 39.6. The largest absolute Gasteiger partial charge is 0.464 e. The van der Waals surface area contributed by atoms with E-state index in [1.165, 1.54) is 32.0 Å². The van der Waals surface area contributed by atoms with Gasteiger partial charge < -0.3 is 29.2 Å². The lowest BCUT2D eigenvalue weighted by atomic mass is 9.81. The molecule has 0 aliphatic carbocycles. The van der Waals surface area contributed by atoms with Crippen LogP contribution in [-0.2, 0) is 52.8 Å². The molecule has 5 heterocycles. The van der Waals surface area contributed by atoms with Crippen LogP contribution in [-0.4, -0.2) is 120 Å². The molecule has 14 nitrogen and oxygen atoms in total. The van der Waals surface area contributed by atoms with Gasteiger partial charge >= 0.3 is 5.97 Å². The van der Waals surface area contributed by atoms with Crippen LogP contribution in [0.15, 0.2) is 65.8 Å². The second-order valence-electron chi connectivity index (χ2n) is 19.4. The number of nitrogens with one attached hydrogen (secondary N) is 2. The maximum atomic E-state index is 14.7. The van der Waals surface area contributed by atoms with Crippen molar-refractivity contribution in [2.45, 2.75) is 111 Å². The van der Waals surface area contributed by atoms with Crippen molar-refractivity contribution in [3.8, 4) is 11.1 Å². The van der Waals surface area contributed by atoms with Crippen LogP contribution in [0.3, 0.4) is 0 Å². The Labute approximate surface area is 383 Å². The normalized spacial score (nSPS) is 22.5. The summed E-state index contributed by atoms with van der Waals surface area (Å²) in [5.74, 6) is -2.35. The highest BCUT2D eigenvalue weighted by Crippen LogP contribution is 2.43. The van der Waals surface area contributed by atoms with Gasteiger partial charge in [-0.25, -0.2) is 5.43 Å². The van der Waals surface area contributed by atoms with E-state index >= 15 is 0 Å². The SMILES string of the molecule is C=CC(=O)N1CC(C(=O)N(C)[C@H](C(=O)NC2Cc3cccc(c3)-c3ccc4c(c3)c(c(C3=C([C@H](C)OC)N=CCC3C)n4CC)CC(C)(C)COC(=O)[C@@H]3CCCN(N3)C2=O)C(C)C)C1. The van der Waals surface area contributed by atoms with Gasteiger partial charge in [-0.1, -0.05) is 71.5 Å². The van der Waals surface area contributed by atoms with E-state index in [0.717, 1.165) is 51.9 Å². The van der Waals surface area contributed by atoms with Crippen molar-refractivity contribution in [3.05, 3.63) is 77.6 Å². The van der Waals surface area contributed by atoms with Crippen LogP contribution >= 0.6 is 0 Å². The van der Waals surface area contributed by atoms with Crippen LogP contribution in [0.2, 0.25) is 0 Å². The molecule has 14 heteroatoms. The lowest BCUT2D eigenvalue weighted by molar-refractivity contribution is -0.155. The minimum absolute atomic E-state index is 0.150. The molecule has 0 radical (unpaired) electrons. The zero-order valence-electron chi connectivity index (χ0n) is 39.6. The molecule has 4 amide bonds. The zero-order chi connectivity index (χ0) is 46.9. The van der Waals surface area contributed by atoms with Gasteiger partial charge in [0, 0.05) is 74.9 Å². The Bertz CT molecular complexity index is 2410. The van der Waals surface area contributed by atoms with Crippen molar-refractivity contribution in [3.63, 3.8) is 0 Å². The number of likely N-dealkylation sites (N-methyl/N-ethyl adjacent to an activating group) is 1. The van der Waals surface area contributed by atoms with Crippen LogP contribution in [0.5, 0.6) is 0 Å². The first-order valence-electron chi connectivity index (χ1n) is 23.2. The molecule has 4 aliphatic heterocycles. The van der Waals surface area contributed by atoms with Gasteiger partial charge in [0.2, 0.25) is 17.7 Å². The summed E-state index contributed by atoms with van der Waals surface area (Å²) in [5, 5.41) is 5.60. The second-order valence-corrected chi connectivity index (χ2v) is 19.4. The van der Waals surface area contributed by atoms with Crippen molar-refractivity contribution < 1.29 is 33.4 Å². The van der Waals surface area contributed by atoms with Crippen molar-refractivity contribution in [1.29, 1.82) is 0 Å². The summed E-state index contributed by atoms with van der Waals surface area (Å²) in [6.07, 6.45) is 5.60. The first-order valence-corrected chi connectivity index (χ1v) is 23.2. The number of aliphatic imine (C=N–C) groups is 1. The molecule has 348 valence electrons. The number of cyclic esters (lactones) is 1. The third kappa shape index (κ3) is 9.70. The highest BCUT2D eigenvalue weighted by atomic mass is 16.5. The van der Waals surface area contributed by atoms with Gasteiger partial charge in [0.15, 0.2) is 0 Å².